The van der Waals surface area contributed by atoms with Gasteiger partial charge in [-0.15, -0.1) is 10.2 Å². The van der Waals surface area contributed by atoms with Gasteiger partial charge in [-0.1, -0.05) is 31.2 Å². The number of H-pyrrole nitrogens is 1. The summed E-state index contributed by atoms with van der Waals surface area (Å²) in [5.41, 5.74) is 1.11. The Morgan fingerprint density at radius 3 is 2.50 bits per heavy atom. The Labute approximate surface area is 117 Å². The van der Waals surface area contributed by atoms with E-state index in [9.17, 15) is 8.42 Å². The van der Waals surface area contributed by atoms with Gasteiger partial charge >= 0.3 is 0 Å². The smallest absolute Gasteiger partial charge is 0.211 e. The van der Waals surface area contributed by atoms with E-state index in [0.717, 1.165) is 5.56 Å². The van der Waals surface area contributed by atoms with Crippen LogP contribution in [0.25, 0.3) is 0 Å². The monoisotopic (exact) mass is 295 g/mol. The minimum atomic E-state index is -3.49. The summed E-state index contributed by atoms with van der Waals surface area (Å²) in [4.78, 5) is 0.259. The molecule has 1 aromatic heterocycles. The number of aromatic amines is 1. The van der Waals surface area contributed by atoms with Crippen molar-refractivity contribution in [1.29, 1.82) is 0 Å². The summed E-state index contributed by atoms with van der Waals surface area (Å²) in [5, 5.41) is 13.2. The molecule has 0 saturated carbocycles. The molecule has 1 aromatic carbocycles. The molecule has 0 aliphatic rings. The normalized spacial score (nSPS) is 11.9. The Kier molecular flexibility index (Phi) is 4.46. The van der Waals surface area contributed by atoms with Crippen LogP contribution in [0.1, 0.15) is 31.2 Å². The average molecular weight is 295 g/mol. The van der Waals surface area contributed by atoms with Gasteiger partial charge in [-0.3, -0.25) is 0 Å². The molecule has 0 fully saturated rings. The number of sulfonamides is 1. The fourth-order valence-electron chi connectivity index (χ4n) is 1.70. The van der Waals surface area contributed by atoms with Crippen LogP contribution >= 0.6 is 0 Å². The van der Waals surface area contributed by atoms with Gasteiger partial charge in [0.25, 0.3) is 0 Å². The molecule has 7 nitrogen and oxygen atoms in total. The van der Waals surface area contributed by atoms with Crippen LogP contribution in [-0.2, 0) is 16.4 Å². The van der Waals surface area contributed by atoms with E-state index in [0.29, 0.717) is 18.2 Å². The van der Waals surface area contributed by atoms with Crippen molar-refractivity contribution in [2.24, 2.45) is 0 Å². The molecule has 20 heavy (non-hydrogen) atoms. The minimum Gasteiger partial charge on any atom is -0.211 e. The van der Waals surface area contributed by atoms with E-state index < -0.39 is 10.0 Å². The summed E-state index contributed by atoms with van der Waals surface area (Å²) >= 11 is 0. The van der Waals surface area contributed by atoms with Gasteiger partial charge in [0.1, 0.15) is 0 Å². The first kappa shape index (κ1) is 14.6. The first-order valence-electron chi connectivity index (χ1n) is 6.31. The molecule has 8 heteroatoms. The van der Waals surface area contributed by atoms with E-state index in [1.807, 2.05) is 12.1 Å². The van der Waals surface area contributed by atoms with Gasteiger partial charge in [-0.2, -0.15) is 5.21 Å². The average Bonchev–Trinajstić information content (AvgIpc) is 2.92. The Balaban J connectivity index is 1.99. The molecular weight excluding hydrogens is 278 g/mol. The van der Waals surface area contributed by atoms with Crippen LogP contribution in [0.3, 0.4) is 0 Å². The molecule has 0 aliphatic carbocycles. The quantitative estimate of drug-likeness (QED) is 0.822. The second-order valence-electron chi connectivity index (χ2n) is 4.70. The second kappa shape index (κ2) is 6.10. The largest absolute Gasteiger partial charge is 0.240 e. The number of hydrogen-bond donors (Lipinski definition) is 2. The fourth-order valence-corrected chi connectivity index (χ4v) is 2.73. The minimum absolute atomic E-state index is 0.230. The predicted molar refractivity (Wildman–Crippen MR) is 73.6 cm³/mol. The molecule has 1 heterocycles. The molecule has 2 rings (SSSR count). The van der Waals surface area contributed by atoms with Crippen LogP contribution in [0.2, 0.25) is 0 Å². The van der Waals surface area contributed by atoms with E-state index in [1.54, 1.807) is 12.1 Å². The van der Waals surface area contributed by atoms with Crippen molar-refractivity contribution in [2.45, 2.75) is 31.1 Å². The molecule has 0 spiro atoms. The highest BCUT2D eigenvalue weighted by molar-refractivity contribution is 7.89. The molecule has 0 radical (unpaired) electrons. The standard InChI is InChI=1S/C12H17N5O2S/c1-9(2)10-3-5-11(6-4-10)20(18,19)13-8-7-12-14-16-17-15-12/h3-6,9,13H,7-8H2,1-2H3,(H,14,15,16,17). The fraction of sp³-hybridized carbons (Fsp3) is 0.417. The summed E-state index contributed by atoms with van der Waals surface area (Å²) in [6, 6.07) is 6.90. The van der Waals surface area contributed by atoms with Crippen molar-refractivity contribution >= 4 is 10.0 Å². The van der Waals surface area contributed by atoms with Crippen molar-refractivity contribution < 1.29 is 8.42 Å². The second-order valence-corrected chi connectivity index (χ2v) is 6.47. The Morgan fingerprint density at radius 1 is 1.25 bits per heavy atom. The number of nitrogens with zero attached hydrogens (tertiary/aromatic N) is 3. The zero-order valence-electron chi connectivity index (χ0n) is 11.4. The van der Waals surface area contributed by atoms with Gasteiger partial charge in [0.05, 0.1) is 4.90 Å². The Hall–Kier alpha value is -1.80. The van der Waals surface area contributed by atoms with Crippen molar-refractivity contribution in [3.8, 4) is 0 Å². The molecule has 108 valence electrons. The lowest BCUT2D eigenvalue weighted by atomic mass is 10.0. The van der Waals surface area contributed by atoms with Crippen molar-refractivity contribution in [3.63, 3.8) is 0 Å². The van der Waals surface area contributed by atoms with E-state index >= 15 is 0 Å². The molecule has 0 saturated heterocycles. The topological polar surface area (TPSA) is 101 Å². The molecule has 0 amide bonds. The number of aromatic nitrogens is 4. The number of nitrogens with one attached hydrogen (secondary N) is 2. The molecule has 0 atom stereocenters. The first-order chi connectivity index (χ1) is 9.49. The van der Waals surface area contributed by atoms with Crippen molar-refractivity contribution in [2.75, 3.05) is 6.54 Å². The molecule has 0 unspecified atom stereocenters. The lowest BCUT2D eigenvalue weighted by Crippen LogP contribution is -2.26. The lowest BCUT2D eigenvalue weighted by molar-refractivity contribution is 0.580. The summed E-state index contributed by atoms with van der Waals surface area (Å²) in [5.74, 6) is 0.848. The van der Waals surface area contributed by atoms with Crippen LogP contribution in [-0.4, -0.2) is 35.6 Å². The van der Waals surface area contributed by atoms with Gasteiger partial charge in [-0.05, 0) is 23.6 Å². The van der Waals surface area contributed by atoms with Crippen LogP contribution < -0.4 is 4.72 Å². The number of tetrazole rings is 1. The van der Waals surface area contributed by atoms with Crippen LogP contribution in [0.4, 0.5) is 0 Å². The molecule has 0 bridgehead atoms. The van der Waals surface area contributed by atoms with Crippen molar-refractivity contribution in [3.05, 3.63) is 35.7 Å². The zero-order valence-corrected chi connectivity index (χ0v) is 12.2. The van der Waals surface area contributed by atoms with E-state index in [1.165, 1.54) is 0 Å². The maximum Gasteiger partial charge on any atom is 0.240 e. The SMILES string of the molecule is CC(C)c1ccc(S(=O)(=O)NCCc2nn[nH]n2)cc1. The van der Waals surface area contributed by atoms with Crippen LogP contribution in [0.5, 0.6) is 0 Å². The molecule has 0 aliphatic heterocycles. The third-order valence-electron chi connectivity index (χ3n) is 2.89. The molecular formula is C12H17N5O2S. The van der Waals surface area contributed by atoms with Gasteiger partial charge in [0, 0.05) is 13.0 Å². The number of hydrogen-bond acceptors (Lipinski definition) is 5. The molecule has 2 aromatic rings. The Morgan fingerprint density at radius 2 is 1.95 bits per heavy atom. The third kappa shape index (κ3) is 3.61. The highest BCUT2D eigenvalue weighted by Crippen LogP contribution is 2.17. The predicted octanol–water partition coefficient (Wildman–Crippen LogP) is 0.844. The first-order valence-corrected chi connectivity index (χ1v) is 7.79. The van der Waals surface area contributed by atoms with Gasteiger partial charge in [0.15, 0.2) is 5.82 Å². The van der Waals surface area contributed by atoms with E-state index in [4.69, 9.17) is 0 Å². The van der Waals surface area contributed by atoms with E-state index in [-0.39, 0.29) is 11.4 Å². The lowest BCUT2D eigenvalue weighted by Gasteiger charge is -2.08. The summed E-state index contributed by atoms with van der Waals surface area (Å²) in [7, 11) is -3.49. The maximum absolute atomic E-state index is 12.1. The van der Waals surface area contributed by atoms with Crippen LogP contribution in [0.15, 0.2) is 29.2 Å². The third-order valence-corrected chi connectivity index (χ3v) is 4.36. The van der Waals surface area contributed by atoms with E-state index in [2.05, 4.69) is 39.2 Å². The van der Waals surface area contributed by atoms with Gasteiger partial charge in [0.2, 0.25) is 10.0 Å². The van der Waals surface area contributed by atoms with Crippen LogP contribution in [0, 0.1) is 0 Å². The molecule has 2 N–H and O–H groups in total. The number of benzene rings is 1. The van der Waals surface area contributed by atoms with Gasteiger partial charge < -0.3 is 0 Å². The van der Waals surface area contributed by atoms with Crippen molar-refractivity contribution in [1.82, 2.24) is 25.3 Å². The summed E-state index contributed by atoms with van der Waals surface area (Å²) < 4.78 is 26.6. The summed E-state index contributed by atoms with van der Waals surface area (Å²) in [6.45, 7) is 4.35. The Bertz CT molecular complexity index is 635. The maximum atomic E-state index is 12.1. The number of rotatable bonds is 6. The van der Waals surface area contributed by atoms with Gasteiger partial charge in [-0.25, -0.2) is 13.1 Å². The highest BCUT2D eigenvalue weighted by atomic mass is 32.2. The summed E-state index contributed by atoms with van der Waals surface area (Å²) in [6.07, 6.45) is 0.389. The highest BCUT2D eigenvalue weighted by Gasteiger charge is 2.14. The zero-order chi connectivity index (χ0) is 14.6.